The van der Waals surface area contributed by atoms with Gasteiger partial charge in [-0.15, -0.1) is 0 Å². The third-order valence-corrected chi connectivity index (χ3v) is 5.06. The summed E-state index contributed by atoms with van der Waals surface area (Å²) >= 11 is 0. The first-order valence-electron chi connectivity index (χ1n) is 10.8. The minimum Gasteiger partial charge on any atom is -0.464 e. The molecule has 0 radical (unpaired) electrons. The quantitative estimate of drug-likeness (QED) is 0.559. The average molecular weight is 432 g/mol. The standard InChI is InChI=1S/C23H33N3O5/c1-7-30-22(28)16(5)25-19(14-15(3)4)21(27)26(17(6)23(29)31-8-2)24-20(25)18-12-10-9-11-13-18/h9-13,15-17,19H,7-8,14H2,1-6H3/t16?,17?,19-/m0/s1. The van der Waals surface area contributed by atoms with Crippen LogP contribution in [0.1, 0.15) is 53.5 Å². The van der Waals surface area contributed by atoms with Gasteiger partial charge in [0.25, 0.3) is 5.91 Å². The van der Waals surface area contributed by atoms with Crippen LogP contribution in [0.25, 0.3) is 0 Å². The summed E-state index contributed by atoms with van der Waals surface area (Å²) in [5.41, 5.74) is 0.737. The molecule has 0 spiro atoms. The third kappa shape index (κ3) is 5.62. The second kappa shape index (κ2) is 10.9. The number of hydrogen-bond donors (Lipinski definition) is 0. The predicted molar refractivity (Wildman–Crippen MR) is 117 cm³/mol. The number of nitrogens with zero attached hydrogens (tertiary/aromatic N) is 3. The van der Waals surface area contributed by atoms with Gasteiger partial charge in [-0.05, 0) is 40.0 Å². The van der Waals surface area contributed by atoms with Crippen LogP contribution in [0.3, 0.4) is 0 Å². The van der Waals surface area contributed by atoms with Crippen molar-refractivity contribution in [3.8, 4) is 0 Å². The highest BCUT2D eigenvalue weighted by atomic mass is 16.5. The van der Waals surface area contributed by atoms with E-state index in [0.717, 1.165) is 5.56 Å². The monoisotopic (exact) mass is 431 g/mol. The first-order valence-corrected chi connectivity index (χ1v) is 10.8. The first-order chi connectivity index (χ1) is 14.7. The average Bonchev–Trinajstić information content (AvgIpc) is 2.74. The molecular weight excluding hydrogens is 398 g/mol. The molecule has 2 unspecified atom stereocenters. The smallest absolute Gasteiger partial charge is 0.330 e. The van der Waals surface area contributed by atoms with Crippen molar-refractivity contribution in [3.63, 3.8) is 0 Å². The number of amides is 1. The number of rotatable bonds is 9. The first kappa shape index (κ1) is 24.4. The number of amidine groups is 1. The minimum atomic E-state index is -0.888. The van der Waals surface area contributed by atoms with Gasteiger partial charge in [-0.1, -0.05) is 44.2 Å². The summed E-state index contributed by atoms with van der Waals surface area (Å²) in [4.78, 5) is 40.3. The van der Waals surface area contributed by atoms with Crippen molar-refractivity contribution < 1.29 is 23.9 Å². The van der Waals surface area contributed by atoms with Crippen molar-refractivity contribution in [1.82, 2.24) is 9.91 Å². The van der Waals surface area contributed by atoms with Crippen LogP contribution in [-0.4, -0.2) is 64.9 Å². The number of hydrazone groups is 1. The largest absolute Gasteiger partial charge is 0.464 e. The number of esters is 2. The van der Waals surface area contributed by atoms with E-state index < -0.39 is 30.1 Å². The van der Waals surface area contributed by atoms with Crippen LogP contribution in [0.2, 0.25) is 0 Å². The molecule has 2 rings (SSSR count). The van der Waals surface area contributed by atoms with E-state index in [1.165, 1.54) is 5.01 Å². The van der Waals surface area contributed by atoms with E-state index in [0.29, 0.717) is 12.3 Å². The van der Waals surface area contributed by atoms with Crippen molar-refractivity contribution in [3.05, 3.63) is 35.9 Å². The summed E-state index contributed by atoms with van der Waals surface area (Å²) < 4.78 is 10.4. The Bertz CT molecular complexity index is 809. The fourth-order valence-electron chi connectivity index (χ4n) is 3.55. The number of benzene rings is 1. The fraction of sp³-hybridized carbons (Fsp3) is 0.565. The Hall–Kier alpha value is -2.90. The molecule has 0 aliphatic carbocycles. The molecule has 8 nitrogen and oxygen atoms in total. The van der Waals surface area contributed by atoms with E-state index in [-0.39, 0.29) is 25.0 Å². The second-order valence-corrected chi connectivity index (χ2v) is 7.88. The maximum Gasteiger partial charge on any atom is 0.330 e. The zero-order chi connectivity index (χ0) is 23.1. The van der Waals surface area contributed by atoms with Gasteiger partial charge in [-0.2, -0.15) is 5.10 Å². The highest BCUT2D eigenvalue weighted by Crippen LogP contribution is 2.27. The summed E-state index contributed by atoms with van der Waals surface area (Å²) in [6.07, 6.45) is 0.487. The fourth-order valence-corrected chi connectivity index (χ4v) is 3.55. The van der Waals surface area contributed by atoms with Crippen LogP contribution in [-0.2, 0) is 23.9 Å². The lowest BCUT2D eigenvalue weighted by atomic mass is 9.97. The lowest BCUT2D eigenvalue weighted by molar-refractivity contribution is -0.159. The molecule has 0 saturated heterocycles. The molecule has 1 aromatic carbocycles. The summed E-state index contributed by atoms with van der Waals surface area (Å²) in [7, 11) is 0. The molecule has 8 heteroatoms. The minimum absolute atomic E-state index is 0.167. The molecule has 31 heavy (non-hydrogen) atoms. The van der Waals surface area contributed by atoms with Gasteiger partial charge in [0.1, 0.15) is 12.1 Å². The molecule has 3 atom stereocenters. The van der Waals surface area contributed by atoms with E-state index in [4.69, 9.17) is 9.47 Å². The molecule has 0 aromatic heterocycles. The molecule has 1 amide bonds. The summed E-state index contributed by atoms with van der Waals surface area (Å²) in [5.74, 6) is -0.685. The van der Waals surface area contributed by atoms with Gasteiger partial charge in [-0.3, -0.25) is 4.79 Å². The molecule has 0 N–H and O–H groups in total. The normalized spacial score (nSPS) is 18.5. The number of carbonyl (C=O) groups excluding carboxylic acids is 3. The Morgan fingerprint density at radius 1 is 0.968 bits per heavy atom. The van der Waals surface area contributed by atoms with Crippen LogP contribution in [0, 0.1) is 5.92 Å². The molecule has 1 aliphatic heterocycles. The van der Waals surface area contributed by atoms with Gasteiger partial charge in [0.15, 0.2) is 11.9 Å². The maximum absolute atomic E-state index is 13.5. The molecule has 0 fully saturated rings. The SMILES string of the molecule is CCOC(=O)C(C)N1N=C(c2ccccc2)N(C(C)C(=O)OCC)[C@@H](CC(C)C)C1=O. The number of ether oxygens (including phenoxy) is 2. The van der Waals surface area contributed by atoms with Crippen LogP contribution in [0.5, 0.6) is 0 Å². The Kier molecular flexibility index (Phi) is 8.59. The summed E-state index contributed by atoms with van der Waals surface area (Å²) in [6, 6.07) is 7.02. The van der Waals surface area contributed by atoms with Gasteiger partial charge in [0.2, 0.25) is 0 Å². The zero-order valence-electron chi connectivity index (χ0n) is 19.2. The van der Waals surface area contributed by atoms with Crippen molar-refractivity contribution in [2.24, 2.45) is 11.0 Å². The van der Waals surface area contributed by atoms with Crippen LogP contribution < -0.4 is 0 Å². The van der Waals surface area contributed by atoms with E-state index in [1.807, 2.05) is 44.2 Å². The molecule has 170 valence electrons. The number of carbonyl (C=O) groups is 3. The van der Waals surface area contributed by atoms with Crippen LogP contribution >= 0.6 is 0 Å². The van der Waals surface area contributed by atoms with Gasteiger partial charge in [-0.25, -0.2) is 14.6 Å². The molecule has 1 aliphatic rings. The van der Waals surface area contributed by atoms with Crippen molar-refractivity contribution in [2.45, 2.75) is 66.1 Å². The second-order valence-electron chi connectivity index (χ2n) is 7.88. The Labute approximate surface area is 184 Å². The molecule has 0 saturated carbocycles. The molecule has 0 bridgehead atoms. The van der Waals surface area contributed by atoms with Crippen LogP contribution in [0.15, 0.2) is 35.4 Å². The summed E-state index contributed by atoms with van der Waals surface area (Å²) in [5, 5.41) is 5.75. The van der Waals surface area contributed by atoms with Crippen molar-refractivity contribution in [2.75, 3.05) is 13.2 Å². The van der Waals surface area contributed by atoms with E-state index in [2.05, 4.69) is 5.10 Å². The third-order valence-electron chi connectivity index (χ3n) is 5.06. The number of hydrogen-bond acceptors (Lipinski definition) is 7. The van der Waals surface area contributed by atoms with Gasteiger partial charge in [0, 0.05) is 5.56 Å². The molecular formula is C23H33N3O5. The highest BCUT2D eigenvalue weighted by molar-refractivity contribution is 6.06. The van der Waals surface area contributed by atoms with E-state index in [1.54, 1.807) is 32.6 Å². The van der Waals surface area contributed by atoms with Crippen molar-refractivity contribution in [1.29, 1.82) is 0 Å². The van der Waals surface area contributed by atoms with Gasteiger partial charge in [0.05, 0.1) is 13.2 Å². The molecule has 1 heterocycles. The van der Waals surface area contributed by atoms with Crippen molar-refractivity contribution >= 4 is 23.7 Å². The lowest BCUT2D eigenvalue weighted by Crippen LogP contribution is -2.62. The predicted octanol–water partition coefficient (Wildman–Crippen LogP) is 2.81. The molecule has 1 aromatic rings. The van der Waals surface area contributed by atoms with Gasteiger partial charge < -0.3 is 14.4 Å². The van der Waals surface area contributed by atoms with Gasteiger partial charge >= 0.3 is 11.9 Å². The lowest BCUT2D eigenvalue weighted by Gasteiger charge is -2.43. The Morgan fingerprint density at radius 3 is 2.03 bits per heavy atom. The Balaban J connectivity index is 2.62. The maximum atomic E-state index is 13.5. The highest BCUT2D eigenvalue weighted by Gasteiger charge is 2.44. The topological polar surface area (TPSA) is 88.5 Å². The van der Waals surface area contributed by atoms with E-state index in [9.17, 15) is 14.4 Å². The Morgan fingerprint density at radius 2 is 1.52 bits per heavy atom. The van der Waals surface area contributed by atoms with Crippen LogP contribution in [0.4, 0.5) is 0 Å². The summed E-state index contributed by atoms with van der Waals surface area (Å²) in [6.45, 7) is 11.2. The van der Waals surface area contributed by atoms with E-state index >= 15 is 0 Å². The zero-order valence-corrected chi connectivity index (χ0v) is 19.2.